The minimum absolute atomic E-state index is 0.0399. The molecule has 0 saturated carbocycles. The van der Waals surface area contributed by atoms with E-state index in [0.29, 0.717) is 12.2 Å². The Balaban J connectivity index is 2.12. The molecule has 0 amide bonds. The first-order valence-electron chi connectivity index (χ1n) is 4.84. The Morgan fingerprint density at radius 3 is 2.60 bits per heavy atom. The number of hydrogen-bond donors (Lipinski definition) is 0. The number of anilines is 1. The summed E-state index contributed by atoms with van der Waals surface area (Å²) in [4.78, 5) is 13.5. The van der Waals surface area contributed by atoms with Gasteiger partial charge in [0, 0.05) is 30.2 Å². The topological polar surface area (TPSA) is 20.3 Å². The molecule has 1 aliphatic rings. The van der Waals surface area contributed by atoms with Gasteiger partial charge in [0.05, 0.1) is 4.83 Å². The number of piperidine rings is 1. The molecule has 0 N–H and O–H groups in total. The van der Waals surface area contributed by atoms with Crippen LogP contribution in [0.1, 0.15) is 6.42 Å². The van der Waals surface area contributed by atoms with Crippen LogP contribution in [0, 0.1) is 0 Å². The van der Waals surface area contributed by atoms with E-state index in [2.05, 4.69) is 20.8 Å². The van der Waals surface area contributed by atoms with Crippen LogP contribution in [0.25, 0.3) is 0 Å². The van der Waals surface area contributed by atoms with Gasteiger partial charge in [-0.3, -0.25) is 4.79 Å². The quantitative estimate of drug-likeness (QED) is 0.741. The Bertz CT molecular complexity index is 365. The number of rotatable bonds is 1. The first kappa shape index (κ1) is 11.0. The van der Waals surface area contributed by atoms with Crippen molar-refractivity contribution < 1.29 is 4.79 Å². The number of benzene rings is 1. The van der Waals surface area contributed by atoms with Crippen LogP contribution in [0.4, 0.5) is 5.69 Å². The van der Waals surface area contributed by atoms with Gasteiger partial charge >= 0.3 is 0 Å². The largest absolute Gasteiger partial charge is 0.370 e. The van der Waals surface area contributed by atoms with Gasteiger partial charge in [-0.2, -0.15) is 0 Å². The van der Waals surface area contributed by atoms with E-state index in [1.54, 1.807) is 0 Å². The Morgan fingerprint density at radius 2 is 2.00 bits per heavy atom. The number of hydrogen-bond acceptors (Lipinski definition) is 2. The zero-order chi connectivity index (χ0) is 10.8. The highest BCUT2D eigenvalue weighted by molar-refractivity contribution is 9.10. The van der Waals surface area contributed by atoms with Crippen molar-refractivity contribution in [2.75, 3.05) is 18.0 Å². The average molecular weight is 289 g/mol. The maximum atomic E-state index is 11.3. The normalized spacial score (nSPS) is 21.9. The summed E-state index contributed by atoms with van der Waals surface area (Å²) >= 11 is 9.21. The smallest absolute Gasteiger partial charge is 0.150 e. The molecule has 1 atom stereocenters. The Hall–Kier alpha value is -0.540. The van der Waals surface area contributed by atoms with Gasteiger partial charge in [0.2, 0.25) is 0 Å². The summed E-state index contributed by atoms with van der Waals surface area (Å²) in [6, 6.07) is 7.71. The minimum atomic E-state index is -0.0399. The Kier molecular flexibility index (Phi) is 3.32. The molecule has 0 aromatic heterocycles. The molecule has 1 aromatic rings. The minimum Gasteiger partial charge on any atom is -0.370 e. The SMILES string of the molecule is O=C1CCN(c2ccc(Cl)cc2)CC1Br. The third-order valence-electron chi connectivity index (χ3n) is 2.55. The summed E-state index contributed by atoms with van der Waals surface area (Å²) in [7, 11) is 0. The summed E-state index contributed by atoms with van der Waals surface area (Å²) in [6.45, 7) is 1.53. The number of alkyl halides is 1. The molecule has 0 spiro atoms. The molecule has 1 aliphatic heterocycles. The molecule has 2 rings (SSSR count). The molecule has 2 nitrogen and oxygen atoms in total. The molecule has 0 bridgehead atoms. The van der Waals surface area contributed by atoms with Gasteiger partial charge in [0.15, 0.2) is 0 Å². The number of halogens is 2. The molecule has 0 aliphatic carbocycles. The van der Waals surface area contributed by atoms with E-state index in [0.717, 1.165) is 23.8 Å². The van der Waals surface area contributed by atoms with Crippen LogP contribution in [0.15, 0.2) is 24.3 Å². The molecule has 4 heteroatoms. The van der Waals surface area contributed by atoms with Crippen molar-refractivity contribution in [2.45, 2.75) is 11.2 Å². The molecule has 1 fully saturated rings. The van der Waals surface area contributed by atoms with E-state index in [9.17, 15) is 4.79 Å². The van der Waals surface area contributed by atoms with E-state index in [1.165, 1.54) is 0 Å². The predicted octanol–water partition coefficient (Wildman–Crippen LogP) is 2.88. The molecule has 80 valence electrons. The summed E-state index contributed by atoms with van der Waals surface area (Å²) < 4.78 is 0. The zero-order valence-electron chi connectivity index (χ0n) is 8.12. The maximum absolute atomic E-state index is 11.3. The first-order valence-corrected chi connectivity index (χ1v) is 6.13. The fourth-order valence-corrected chi connectivity index (χ4v) is 2.38. The number of carbonyl (C=O) groups is 1. The van der Waals surface area contributed by atoms with Gasteiger partial charge in [-0.25, -0.2) is 0 Å². The van der Waals surface area contributed by atoms with E-state index >= 15 is 0 Å². The van der Waals surface area contributed by atoms with Crippen LogP contribution < -0.4 is 4.90 Å². The molecule has 15 heavy (non-hydrogen) atoms. The second-order valence-electron chi connectivity index (χ2n) is 3.61. The van der Waals surface area contributed by atoms with Crippen LogP contribution in [-0.2, 0) is 4.79 Å². The van der Waals surface area contributed by atoms with Crippen LogP contribution in [0.2, 0.25) is 5.02 Å². The lowest BCUT2D eigenvalue weighted by Gasteiger charge is -2.31. The fraction of sp³-hybridized carbons (Fsp3) is 0.364. The van der Waals surface area contributed by atoms with Crippen LogP contribution in [-0.4, -0.2) is 23.7 Å². The van der Waals surface area contributed by atoms with Gasteiger partial charge in [-0.15, -0.1) is 0 Å². The summed E-state index contributed by atoms with van der Waals surface area (Å²) in [5, 5.41) is 0.738. The molecular formula is C11H11BrClNO. The highest BCUT2D eigenvalue weighted by atomic mass is 79.9. The van der Waals surface area contributed by atoms with Crippen molar-refractivity contribution in [3.8, 4) is 0 Å². The summed E-state index contributed by atoms with van der Waals surface area (Å²) in [5.74, 6) is 0.292. The summed E-state index contributed by atoms with van der Waals surface area (Å²) in [6.07, 6.45) is 0.610. The highest BCUT2D eigenvalue weighted by Gasteiger charge is 2.24. The number of Topliss-reactive ketones (excluding diaryl/α,β-unsaturated/α-hetero) is 1. The number of nitrogens with zero attached hydrogens (tertiary/aromatic N) is 1. The molecule has 1 aromatic carbocycles. The molecule has 1 unspecified atom stereocenters. The van der Waals surface area contributed by atoms with Gasteiger partial charge in [0.1, 0.15) is 5.78 Å². The van der Waals surface area contributed by atoms with Crippen molar-refractivity contribution in [3.63, 3.8) is 0 Å². The summed E-state index contributed by atoms with van der Waals surface area (Å²) in [5.41, 5.74) is 1.12. The van der Waals surface area contributed by atoms with Gasteiger partial charge in [0.25, 0.3) is 0 Å². The average Bonchev–Trinajstić information content (AvgIpc) is 2.23. The third-order valence-corrected chi connectivity index (χ3v) is 3.60. The predicted molar refractivity (Wildman–Crippen MR) is 66.0 cm³/mol. The van der Waals surface area contributed by atoms with Gasteiger partial charge in [-0.1, -0.05) is 27.5 Å². The Labute approximate surface area is 102 Å². The highest BCUT2D eigenvalue weighted by Crippen LogP contribution is 2.23. The van der Waals surface area contributed by atoms with Crippen LogP contribution in [0.3, 0.4) is 0 Å². The van der Waals surface area contributed by atoms with E-state index in [1.807, 2.05) is 24.3 Å². The van der Waals surface area contributed by atoms with Crippen LogP contribution in [0.5, 0.6) is 0 Å². The lowest BCUT2D eigenvalue weighted by molar-refractivity contribution is -0.118. The molecular weight excluding hydrogens is 277 g/mol. The number of ketones is 1. The van der Waals surface area contributed by atoms with Crippen molar-refractivity contribution in [2.24, 2.45) is 0 Å². The third kappa shape index (κ3) is 2.52. The lowest BCUT2D eigenvalue weighted by Crippen LogP contribution is -2.41. The molecule has 1 heterocycles. The number of carbonyl (C=O) groups excluding carboxylic acids is 1. The monoisotopic (exact) mass is 287 g/mol. The van der Waals surface area contributed by atoms with Crippen molar-refractivity contribution in [1.29, 1.82) is 0 Å². The van der Waals surface area contributed by atoms with Gasteiger partial charge < -0.3 is 4.90 Å². The van der Waals surface area contributed by atoms with E-state index in [4.69, 9.17) is 11.6 Å². The van der Waals surface area contributed by atoms with Gasteiger partial charge in [-0.05, 0) is 24.3 Å². The van der Waals surface area contributed by atoms with E-state index in [-0.39, 0.29) is 4.83 Å². The zero-order valence-corrected chi connectivity index (χ0v) is 10.5. The molecule has 1 saturated heterocycles. The Morgan fingerprint density at radius 1 is 1.33 bits per heavy atom. The first-order chi connectivity index (χ1) is 7.16. The maximum Gasteiger partial charge on any atom is 0.150 e. The standard InChI is InChI=1S/C11H11BrClNO/c12-10-7-14(6-5-11(10)15)9-3-1-8(13)2-4-9/h1-4,10H,5-7H2. The van der Waals surface area contributed by atoms with Crippen LogP contribution >= 0.6 is 27.5 Å². The van der Waals surface area contributed by atoms with Crippen molar-refractivity contribution >= 4 is 39.0 Å². The fourth-order valence-electron chi connectivity index (χ4n) is 1.67. The second kappa shape index (κ2) is 4.54. The molecule has 0 radical (unpaired) electrons. The van der Waals surface area contributed by atoms with E-state index < -0.39 is 0 Å². The van der Waals surface area contributed by atoms with Crippen molar-refractivity contribution in [3.05, 3.63) is 29.3 Å². The second-order valence-corrected chi connectivity index (χ2v) is 5.15. The lowest BCUT2D eigenvalue weighted by atomic mass is 10.1. The van der Waals surface area contributed by atoms with Crippen molar-refractivity contribution in [1.82, 2.24) is 0 Å².